The lowest BCUT2D eigenvalue weighted by molar-refractivity contribution is 0.111. The molecule has 1 saturated heterocycles. The molecular formula is C18H28N4OS. The van der Waals surface area contributed by atoms with Crippen LogP contribution in [0.5, 0.6) is 0 Å². The van der Waals surface area contributed by atoms with Crippen LogP contribution in [0, 0.1) is 0 Å². The van der Waals surface area contributed by atoms with Crippen molar-refractivity contribution in [3.63, 3.8) is 0 Å². The summed E-state index contributed by atoms with van der Waals surface area (Å²) in [5.74, 6) is 0. The number of rotatable bonds is 4. The van der Waals surface area contributed by atoms with Gasteiger partial charge < -0.3 is 10.2 Å². The first-order chi connectivity index (χ1) is 11.7. The van der Waals surface area contributed by atoms with E-state index < -0.39 is 0 Å². The number of piperazine rings is 1. The molecule has 2 amide bonds. The molecule has 1 aliphatic heterocycles. The molecule has 2 heterocycles. The van der Waals surface area contributed by atoms with Gasteiger partial charge >= 0.3 is 6.03 Å². The van der Waals surface area contributed by atoms with E-state index >= 15 is 0 Å². The van der Waals surface area contributed by atoms with Crippen LogP contribution < -0.4 is 5.32 Å². The summed E-state index contributed by atoms with van der Waals surface area (Å²) in [6.07, 6.45) is 7.47. The van der Waals surface area contributed by atoms with E-state index in [-0.39, 0.29) is 6.03 Å². The molecule has 2 aliphatic rings. The predicted molar refractivity (Wildman–Crippen MR) is 99.3 cm³/mol. The molecule has 0 bridgehead atoms. The standard InChI is InChI=1S/C18H28N4OS/c1-14(17-5-3-4-8-19-17)21-9-11-22(12-10-21)18(23)20-15-6-7-16(13-15)24-2/h3-5,8,14-16H,6-7,9-13H2,1-2H3,(H,20,23)/t14-,15-,16+/m0/s1. The number of pyridine rings is 1. The predicted octanol–water partition coefficient (Wildman–Crippen LogP) is 2.75. The molecule has 5 nitrogen and oxygen atoms in total. The zero-order valence-electron chi connectivity index (χ0n) is 14.6. The maximum atomic E-state index is 12.5. The van der Waals surface area contributed by atoms with Crippen LogP contribution >= 0.6 is 11.8 Å². The van der Waals surface area contributed by atoms with Crippen LogP contribution in [0.2, 0.25) is 0 Å². The normalized spacial score (nSPS) is 26.3. The van der Waals surface area contributed by atoms with E-state index in [4.69, 9.17) is 0 Å². The van der Waals surface area contributed by atoms with Crippen LogP contribution in [0.3, 0.4) is 0 Å². The third-order valence-electron chi connectivity index (χ3n) is 5.31. The Bertz CT molecular complexity index is 533. The fraction of sp³-hybridized carbons (Fsp3) is 0.667. The van der Waals surface area contributed by atoms with Gasteiger partial charge in [-0.2, -0.15) is 11.8 Å². The first-order valence-corrected chi connectivity index (χ1v) is 10.2. The largest absolute Gasteiger partial charge is 0.335 e. The summed E-state index contributed by atoms with van der Waals surface area (Å²) < 4.78 is 0. The van der Waals surface area contributed by atoms with E-state index in [1.54, 1.807) is 0 Å². The fourth-order valence-electron chi connectivity index (χ4n) is 3.67. The number of hydrogen-bond donors (Lipinski definition) is 1. The highest BCUT2D eigenvalue weighted by molar-refractivity contribution is 7.99. The van der Waals surface area contributed by atoms with Crippen LogP contribution in [0.1, 0.15) is 37.9 Å². The minimum Gasteiger partial charge on any atom is -0.335 e. The quantitative estimate of drug-likeness (QED) is 0.909. The average molecular weight is 349 g/mol. The Kier molecular flexibility index (Phi) is 6.00. The molecule has 2 fully saturated rings. The van der Waals surface area contributed by atoms with Crippen molar-refractivity contribution in [2.45, 2.75) is 43.5 Å². The summed E-state index contributed by atoms with van der Waals surface area (Å²) >= 11 is 1.92. The monoisotopic (exact) mass is 348 g/mol. The highest BCUT2D eigenvalue weighted by Crippen LogP contribution is 2.28. The van der Waals surface area contributed by atoms with Gasteiger partial charge in [-0.25, -0.2) is 4.79 Å². The van der Waals surface area contributed by atoms with E-state index in [1.165, 1.54) is 6.42 Å². The van der Waals surface area contributed by atoms with Gasteiger partial charge in [-0.15, -0.1) is 0 Å². The van der Waals surface area contributed by atoms with Crippen molar-refractivity contribution in [3.8, 4) is 0 Å². The molecule has 1 saturated carbocycles. The van der Waals surface area contributed by atoms with Crippen LogP contribution in [0.15, 0.2) is 24.4 Å². The average Bonchev–Trinajstić information content (AvgIpc) is 3.09. The summed E-state index contributed by atoms with van der Waals surface area (Å²) in [4.78, 5) is 21.3. The molecule has 1 aliphatic carbocycles. The van der Waals surface area contributed by atoms with Crippen molar-refractivity contribution in [1.82, 2.24) is 20.1 Å². The Labute approximate surface area is 149 Å². The lowest BCUT2D eigenvalue weighted by atomic mass is 10.1. The van der Waals surface area contributed by atoms with E-state index in [2.05, 4.69) is 34.4 Å². The summed E-state index contributed by atoms with van der Waals surface area (Å²) in [6, 6.07) is 6.84. The number of urea groups is 1. The number of nitrogens with one attached hydrogen (secondary N) is 1. The van der Waals surface area contributed by atoms with Gasteiger partial charge in [0, 0.05) is 49.7 Å². The molecule has 132 valence electrons. The number of amides is 2. The van der Waals surface area contributed by atoms with E-state index in [0.29, 0.717) is 17.3 Å². The SMILES string of the molecule is CS[C@@H]1CC[C@H](NC(=O)N2CCN([C@@H](C)c3ccccn3)CC2)C1. The van der Waals surface area contributed by atoms with Crippen LogP contribution in [-0.4, -0.2) is 64.5 Å². The van der Waals surface area contributed by atoms with Gasteiger partial charge in [-0.05, 0) is 44.6 Å². The summed E-state index contributed by atoms with van der Waals surface area (Å²) in [5, 5.41) is 3.95. The highest BCUT2D eigenvalue weighted by atomic mass is 32.2. The molecule has 0 aromatic carbocycles. The maximum Gasteiger partial charge on any atom is 0.317 e. The Morgan fingerprint density at radius 3 is 2.71 bits per heavy atom. The molecule has 24 heavy (non-hydrogen) atoms. The van der Waals surface area contributed by atoms with E-state index in [0.717, 1.165) is 44.7 Å². The molecular weight excluding hydrogens is 320 g/mol. The minimum absolute atomic E-state index is 0.117. The van der Waals surface area contributed by atoms with Gasteiger partial charge in [-0.3, -0.25) is 9.88 Å². The summed E-state index contributed by atoms with van der Waals surface area (Å²) in [7, 11) is 0. The van der Waals surface area contributed by atoms with Crippen LogP contribution in [-0.2, 0) is 0 Å². The third-order valence-corrected chi connectivity index (χ3v) is 6.41. The van der Waals surface area contributed by atoms with Gasteiger partial charge in [0.25, 0.3) is 0 Å². The molecule has 1 aromatic heterocycles. The van der Waals surface area contributed by atoms with Crippen molar-refractivity contribution in [2.24, 2.45) is 0 Å². The molecule has 6 heteroatoms. The number of aromatic nitrogens is 1. The summed E-state index contributed by atoms with van der Waals surface area (Å²) in [5.41, 5.74) is 1.10. The van der Waals surface area contributed by atoms with Gasteiger partial charge in [0.05, 0.1) is 5.69 Å². The third kappa shape index (κ3) is 4.22. The van der Waals surface area contributed by atoms with Crippen molar-refractivity contribution < 1.29 is 4.79 Å². The second-order valence-electron chi connectivity index (χ2n) is 6.77. The first kappa shape index (κ1) is 17.5. The second kappa shape index (κ2) is 8.21. The van der Waals surface area contributed by atoms with Crippen molar-refractivity contribution in [3.05, 3.63) is 30.1 Å². The lowest BCUT2D eigenvalue weighted by Gasteiger charge is -2.38. The number of carbonyl (C=O) groups is 1. The molecule has 0 unspecified atom stereocenters. The molecule has 1 N–H and O–H groups in total. The Hall–Kier alpha value is -1.27. The van der Waals surface area contributed by atoms with Gasteiger partial charge in [-0.1, -0.05) is 6.07 Å². The van der Waals surface area contributed by atoms with E-state index in [9.17, 15) is 4.79 Å². The van der Waals surface area contributed by atoms with Crippen molar-refractivity contribution in [1.29, 1.82) is 0 Å². The first-order valence-electron chi connectivity index (χ1n) is 8.90. The highest BCUT2D eigenvalue weighted by Gasteiger charge is 2.29. The molecule has 3 atom stereocenters. The summed E-state index contributed by atoms with van der Waals surface area (Å²) in [6.45, 7) is 5.59. The minimum atomic E-state index is 0.117. The van der Waals surface area contributed by atoms with Crippen molar-refractivity contribution >= 4 is 17.8 Å². The topological polar surface area (TPSA) is 48.5 Å². The Morgan fingerprint density at radius 1 is 1.29 bits per heavy atom. The smallest absolute Gasteiger partial charge is 0.317 e. The number of nitrogens with zero attached hydrogens (tertiary/aromatic N) is 3. The van der Waals surface area contributed by atoms with Gasteiger partial charge in [0.2, 0.25) is 0 Å². The zero-order chi connectivity index (χ0) is 16.9. The molecule has 3 rings (SSSR count). The van der Waals surface area contributed by atoms with Gasteiger partial charge in [0.1, 0.15) is 0 Å². The lowest BCUT2D eigenvalue weighted by Crippen LogP contribution is -2.53. The van der Waals surface area contributed by atoms with Crippen LogP contribution in [0.25, 0.3) is 0 Å². The fourth-order valence-corrected chi connectivity index (χ4v) is 4.47. The molecule has 0 radical (unpaired) electrons. The maximum absolute atomic E-state index is 12.5. The number of thioether (sulfide) groups is 1. The van der Waals surface area contributed by atoms with Crippen molar-refractivity contribution in [2.75, 3.05) is 32.4 Å². The Morgan fingerprint density at radius 2 is 2.08 bits per heavy atom. The van der Waals surface area contributed by atoms with E-state index in [1.807, 2.05) is 35.0 Å². The number of hydrogen-bond acceptors (Lipinski definition) is 4. The zero-order valence-corrected chi connectivity index (χ0v) is 15.5. The van der Waals surface area contributed by atoms with Gasteiger partial charge in [0.15, 0.2) is 0 Å². The second-order valence-corrected chi connectivity index (χ2v) is 7.91. The molecule has 1 aromatic rings. The number of carbonyl (C=O) groups excluding carboxylic acids is 1. The van der Waals surface area contributed by atoms with Crippen LogP contribution in [0.4, 0.5) is 4.79 Å². The Balaban J connectivity index is 1.45. The molecule has 0 spiro atoms.